The highest BCUT2D eigenvalue weighted by atomic mass is 32.2. The highest BCUT2D eigenvalue weighted by molar-refractivity contribution is 7.99. The minimum Gasteiger partial charge on any atom is -0.497 e. The maximum Gasteiger partial charge on any atom is 0.211 e. The number of sulfonamides is 1. The van der Waals surface area contributed by atoms with Crippen molar-refractivity contribution in [1.29, 1.82) is 0 Å². The number of hydrogen-bond donors (Lipinski definition) is 1. The third-order valence-corrected chi connectivity index (χ3v) is 6.47. The van der Waals surface area contributed by atoms with Crippen LogP contribution in [0.15, 0.2) is 53.9 Å². The Morgan fingerprint density at radius 3 is 2.46 bits per heavy atom. The Balaban J connectivity index is 1.88. The van der Waals surface area contributed by atoms with Gasteiger partial charge in [0.2, 0.25) is 10.0 Å². The first kappa shape index (κ1) is 20.3. The van der Waals surface area contributed by atoms with Gasteiger partial charge in [-0.3, -0.25) is 9.55 Å². The van der Waals surface area contributed by atoms with Crippen molar-refractivity contribution in [3.63, 3.8) is 0 Å². The fourth-order valence-corrected chi connectivity index (χ4v) is 4.33. The lowest BCUT2D eigenvalue weighted by Crippen LogP contribution is -2.22. The smallest absolute Gasteiger partial charge is 0.211 e. The molecule has 0 unspecified atom stereocenters. The Bertz CT molecular complexity index is 1010. The molecule has 0 aliphatic heterocycles. The number of aromatic nitrogens is 4. The van der Waals surface area contributed by atoms with E-state index in [1.165, 1.54) is 18.8 Å². The lowest BCUT2D eigenvalue weighted by Gasteiger charge is -2.11. The number of rotatable bonds is 9. The second-order valence-corrected chi connectivity index (χ2v) is 8.91. The van der Waals surface area contributed by atoms with Crippen LogP contribution in [0, 0.1) is 0 Å². The summed E-state index contributed by atoms with van der Waals surface area (Å²) in [5.41, 5.74) is 1.78. The van der Waals surface area contributed by atoms with Crippen LogP contribution >= 0.6 is 11.8 Å². The van der Waals surface area contributed by atoms with Gasteiger partial charge in [-0.15, -0.1) is 10.2 Å². The maximum atomic E-state index is 11.6. The van der Waals surface area contributed by atoms with Gasteiger partial charge >= 0.3 is 0 Å². The summed E-state index contributed by atoms with van der Waals surface area (Å²) < 4.78 is 32.7. The second-order valence-electron chi connectivity index (χ2n) is 5.80. The van der Waals surface area contributed by atoms with E-state index < -0.39 is 10.0 Å². The largest absolute Gasteiger partial charge is 0.497 e. The van der Waals surface area contributed by atoms with Gasteiger partial charge in [-0.05, 0) is 49.9 Å². The van der Waals surface area contributed by atoms with Crippen LogP contribution in [0.5, 0.6) is 5.75 Å². The number of ether oxygens (including phenoxy) is 1. The van der Waals surface area contributed by atoms with E-state index in [4.69, 9.17) is 4.74 Å². The van der Waals surface area contributed by atoms with Crippen molar-refractivity contribution >= 4 is 21.8 Å². The van der Waals surface area contributed by atoms with Crippen LogP contribution in [0.3, 0.4) is 0 Å². The summed E-state index contributed by atoms with van der Waals surface area (Å²) >= 11 is 1.47. The first-order valence-electron chi connectivity index (χ1n) is 8.58. The molecular weight excluding hydrogens is 398 g/mol. The molecular formula is C18H21N5O3S2. The van der Waals surface area contributed by atoms with Gasteiger partial charge in [0.15, 0.2) is 11.0 Å². The highest BCUT2D eigenvalue weighted by Gasteiger charge is 2.16. The van der Waals surface area contributed by atoms with Gasteiger partial charge in [-0.2, -0.15) is 0 Å². The molecule has 0 atom stereocenters. The molecule has 0 saturated carbocycles. The zero-order valence-electron chi connectivity index (χ0n) is 15.6. The lowest BCUT2D eigenvalue weighted by molar-refractivity contribution is 0.414. The maximum absolute atomic E-state index is 11.6. The van der Waals surface area contributed by atoms with Crippen molar-refractivity contribution in [3.05, 3.63) is 48.8 Å². The van der Waals surface area contributed by atoms with E-state index >= 15 is 0 Å². The summed E-state index contributed by atoms with van der Waals surface area (Å²) in [5.74, 6) is 2.13. The summed E-state index contributed by atoms with van der Waals surface area (Å²) in [6.07, 6.45) is 3.92. The molecule has 28 heavy (non-hydrogen) atoms. The molecule has 3 aromatic rings. The average molecular weight is 420 g/mol. The van der Waals surface area contributed by atoms with Crippen LogP contribution < -0.4 is 9.46 Å². The van der Waals surface area contributed by atoms with Crippen molar-refractivity contribution in [2.75, 3.05) is 25.7 Å². The molecule has 3 rings (SSSR count). The number of methoxy groups -OCH3 is 1. The molecule has 0 aliphatic carbocycles. The molecule has 1 N–H and O–H groups in total. The quantitative estimate of drug-likeness (QED) is 0.420. The number of hydrogen-bond acceptors (Lipinski definition) is 7. The standard InChI is InChI=1S/C18H21N5O3S2/c1-19-28(24,25)13-3-12-27-18-22-21-17(14-8-10-20-11-9-14)23(18)15-4-6-16(26-2)7-5-15/h4-11,19H,3,12-13H2,1-2H3. The molecule has 0 amide bonds. The van der Waals surface area contributed by atoms with Crippen molar-refractivity contribution in [2.45, 2.75) is 11.6 Å². The number of benzene rings is 1. The van der Waals surface area contributed by atoms with Crippen LogP contribution in [0.25, 0.3) is 17.1 Å². The first-order chi connectivity index (χ1) is 13.5. The van der Waals surface area contributed by atoms with Gasteiger partial charge in [0, 0.05) is 29.4 Å². The SMILES string of the molecule is CNS(=O)(=O)CCCSc1nnc(-c2ccncc2)n1-c1ccc(OC)cc1. The molecule has 0 bridgehead atoms. The summed E-state index contributed by atoms with van der Waals surface area (Å²) in [7, 11) is -0.167. The minimum absolute atomic E-state index is 0.0738. The number of nitrogens with zero attached hydrogens (tertiary/aromatic N) is 4. The van der Waals surface area contributed by atoms with Gasteiger partial charge in [0.05, 0.1) is 12.9 Å². The van der Waals surface area contributed by atoms with E-state index in [9.17, 15) is 8.42 Å². The summed E-state index contributed by atoms with van der Waals surface area (Å²) in [6, 6.07) is 11.4. The molecule has 0 saturated heterocycles. The zero-order valence-corrected chi connectivity index (χ0v) is 17.2. The van der Waals surface area contributed by atoms with Crippen LogP contribution in [0.4, 0.5) is 0 Å². The fourth-order valence-electron chi connectivity index (χ4n) is 2.53. The van der Waals surface area contributed by atoms with Gasteiger partial charge < -0.3 is 4.74 Å². The molecule has 2 heterocycles. The summed E-state index contributed by atoms with van der Waals surface area (Å²) in [6.45, 7) is 0. The van der Waals surface area contributed by atoms with Gasteiger partial charge in [0.25, 0.3) is 0 Å². The fraction of sp³-hybridized carbons (Fsp3) is 0.278. The molecule has 0 fully saturated rings. The molecule has 2 aromatic heterocycles. The summed E-state index contributed by atoms with van der Waals surface area (Å²) in [4.78, 5) is 4.05. The number of pyridine rings is 1. The zero-order chi connectivity index (χ0) is 20.0. The normalized spacial score (nSPS) is 11.5. The van der Waals surface area contributed by atoms with E-state index in [1.54, 1.807) is 19.5 Å². The van der Waals surface area contributed by atoms with Crippen LogP contribution in [-0.4, -0.2) is 53.8 Å². The Morgan fingerprint density at radius 2 is 1.82 bits per heavy atom. The predicted molar refractivity (Wildman–Crippen MR) is 109 cm³/mol. The van der Waals surface area contributed by atoms with Crippen LogP contribution in [0.2, 0.25) is 0 Å². The third-order valence-electron chi connectivity index (χ3n) is 4.00. The van der Waals surface area contributed by atoms with Crippen LogP contribution in [-0.2, 0) is 10.0 Å². The van der Waals surface area contributed by atoms with Crippen molar-refractivity contribution in [1.82, 2.24) is 24.5 Å². The van der Waals surface area contributed by atoms with E-state index in [0.717, 1.165) is 17.0 Å². The first-order valence-corrected chi connectivity index (χ1v) is 11.2. The highest BCUT2D eigenvalue weighted by Crippen LogP contribution is 2.28. The molecule has 8 nitrogen and oxygen atoms in total. The van der Waals surface area contributed by atoms with Gasteiger partial charge in [-0.25, -0.2) is 13.1 Å². The third kappa shape index (κ3) is 4.89. The molecule has 1 aromatic carbocycles. The minimum atomic E-state index is -3.21. The number of nitrogens with one attached hydrogen (secondary N) is 1. The molecule has 148 valence electrons. The van der Waals surface area contributed by atoms with Crippen LogP contribution in [0.1, 0.15) is 6.42 Å². The topological polar surface area (TPSA) is 99.0 Å². The van der Waals surface area contributed by atoms with E-state index in [2.05, 4.69) is 19.9 Å². The summed E-state index contributed by atoms with van der Waals surface area (Å²) in [5, 5.41) is 9.37. The van der Waals surface area contributed by atoms with E-state index in [1.807, 2.05) is 41.0 Å². The van der Waals surface area contributed by atoms with Gasteiger partial charge in [0.1, 0.15) is 5.75 Å². The van der Waals surface area contributed by atoms with Crippen molar-refractivity contribution in [2.24, 2.45) is 0 Å². The molecule has 0 radical (unpaired) electrons. The molecule has 0 aliphatic rings. The van der Waals surface area contributed by atoms with Gasteiger partial charge in [-0.1, -0.05) is 11.8 Å². The van der Waals surface area contributed by atoms with Crippen molar-refractivity contribution < 1.29 is 13.2 Å². The van der Waals surface area contributed by atoms with Crippen molar-refractivity contribution in [3.8, 4) is 22.8 Å². The average Bonchev–Trinajstić information content (AvgIpc) is 3.16. The lowest BCUT2D eigenvalue weighted by atomic mass is 10.2. The Morgan fingerprint density at radius 1 is 1.11 bits per heavy atom. The monoisotopic (exact) mass is 419 g/mol. The van der Waals surface area contributed by atoms with E-state index in [-0.39, 0.29) is 5.75 Å². The second kappa shape index (κ2) is 9.18. The van der Waals surface area contributed by atoms with E-state index in [0.29, 0.717) is 23.2 Å². The predicted octanol–water partition coefficient (Wildman–Crippen LogP) is 2.37. The number of thioether (sulfide) groups is 1. The Kier molecular flexibility index (Phi) is 6.65. The Labute approximate surface area is 168 Å². The Hall–Kier alpha value is -2.43. The molecule has 10 heteroatoms. The molecule has 0 spiro atoms.